The smallest absolute Gasteiger partial charge is 0.261 e. The summed E-state index contributed by atoms with van der Waals surface area (Å²) in [6.07, 6.45) is 0. The fourth-order valence-electron chi connectivity index (χ4n) is 3.03. The molecule has 0 aliphatic rings. The minimum absolute atomic E-state index is 0.0421. The van der Waals surface area contributed by atoms with Crippen molar-refractivity contribution in [3.05, 3.63) is 82.3 Å². The molecule has 7 nitrogen and oxygen atoms in total. The molecule has 0 aliphatic heterocycles. The lowest BCUT2D eigenvalue weighted by Crippen LogP contribution is -2.31. The van der Waals surface area contributed by atoms with E-state index >= 15 is 0 Å². The van der Waals surface area contributed by atoms with Crippen molar-refractivity contribution in [3.8, 4) is 11.5 Å². The minimum Gasteiger partial charge on any atom is -0.494 e. The number of hydrogen-bond donors (Lipinski definition) is 2. The van der Waals surface area contributed by atoms with E-state index in [0.717, 1.165) is 5.56 Å². The average molecular weight is 523 g/mol. The summed E-state index contributed by atoms with van der Waals surface area (Å²) < 4.78 is 38.7. The summed E-state index contributed by atoms with van der Waals surface area (Å²) in [6.45, 7) is 3.93. The van der Waals surface area contributed by atoms with Gasteiger partial charge in [-0.2, -0.15) is 0 Å². The lowest BCUT2D eigenvalue weighted by Gasteiger charge is -2.15. The Kier molecular flexibility index (Phi) is 8.66. The first kappa shape index (κ1) is 25.7. The van der Waals surface area contributed by atoms with Gasteiger partial charge in [0.1, 0.15) is 11.5 Å². The Hall–Kier alpha value is -2.94. The molecule has 3 aromatic rings. The summed E-state index contributed by atoms with van der Waals surface area (Å²) in [5.74, 6) is 0.477. The number of halogens is 2. The largest absolute Gasteiger partial charge is 0.494 e. The van der Waals surface area contributed by atoms with Crippen molar-refractivity contribution in [1.82, 2.24) is 5.32 Å². The fraction of sp³-hybridized carbons (Fsp3) is 0.208. The van der Waals surface area contributed by atoms with Gasteiger partial charge in [0.15, 0.2) is 6.61 Å². The van der Waals surface area contributed by atoms with Crippen LogP contribution in [0.15, 0.2) is 71.6 Å². The van der Waals surface area contributed by atoms with Crippen LogP contribution < -0.4 is 19.5 Å². The molecule has 0 aromatic heterocycles. The summed E-state index contributed by atoms with van der Waals surface area (Å²) >= 11 is 12.1. The first-order chi connectivity index (χ1) is 16.2. The molecule has 180 valence electrons. The van der Waals surface area contributed by atoms with E-state index in [-0.39, 0.29) is 34.2 Å². The Labute approximate surface area is 209 Å². The monoisotopic (exact) mass is 522 g/mol. The van der Waals surface area contributed by atoms with Crippen molar-refractivity contribution in [2.45, 2.75) is 24.8 Å². The molecule has 0 heterocycles. The lowest BCUT2D eigenvalue weighted by molar-refractivity contribution is -0.123. The quantitative estimate of drug-likeness (QED) is 0.369. The maximum absolute atomic E-state index is 12.7. The molecule has 1 atom stereocenters. The first-order valence-corrected chi connectivity index (χ1v) is 12.6. The Morgan fingerprint density at radius 2 is 1.65 bits per heavy atom. The highest BCUT2D eigenvalue weighted by Gasteiger charge is 2.17. The zero-order valence-electron chi connectivity index (χ0n) is 18.5. The van der Waals surface area contributed by atoms with Gasteiger partial charge in [-0.15, -0.1) is 0 Å². The van der Waals surface area contributed by atoms with Crippen molar-refractivity contribution >= 4 is 44.8 Å². The predicted octanol–water partition coefficient (Wildman–Crippen LogP) is 5.45. The molecule has 3 aromatic carbocycles. The van der Waals surface area contributed by atoms with E-state index in [2.05, 4.69) is 10.0 Å². The summed E-state index contributed by atoms with van der Waals surface area (Å²) in [7, 11) is -3.88. The van der Waals surface area contributed by atoms with Gasteiger partial charge < -0.3 is 14.8 Å². The van der Waals surface area contributed by atoms with E-state index < -0.39 is 10.0 Å². The van der Waals surface area contributed by atoms with Crippen LogP contribution in [-0.4, -0.2) is 27.5 Å². The number of rotatable bonds is 10. The van der Waals surface area contributed by atoms with Gasteiger partial charge in [-0.25, -0.2) is 8.42 Å². The zero-order valence-corrected chi connectivity index (χ0v) is 20.9. The Morgan fingerprint density at radius 1 is 0.971 bits per heavy atom. The Morgan fingerprint density at radius 3 is 2.26 bits per heavy atom. The van der Waals surface area contributed by atoms with E-state index in [1.165, 1.54) is 18.2 Å². The molecule has 0 fully saturated rings. The van der Waals surface area contributed by atoms with Crippen molar-refractivity contribution in [2.24, 2.45) is 0 Å². The van der Waals surface area contributed by atoms with Crippen molar-refractivity contribution in [2.75, 3.05) is 17.9 Å². The number of hydrogen-bond acceptors (Lipinski definition) is 5. The topological polar surface area (TPSA) is 93.7 Å². The third kappa shape index (κ3) is 7.03. The summed E-state index contributed by atoms with van der Waals surface area (Å²) in [5.41, 5.74) is 1.27. The Bertz CT molecular complexity index is 1230. The van der Waals surface area contributed by atoms with Crippen LogP contribution in [0.1, 0.15) is 25.5 Å². The van der Waals surface area contributed by atoms with Gasteiger partial charge in [-0.05, 0) is 74.0 Å². The van der Waals surface area contributed by atoms with Crippen LogP contribution in [0.2, 0.25) is 10.0 Å². The van der Waals surface area contributed by atoms with Gasteiger partial charge in [0, 0.05) is 10.7 Å². The molecule has 10 heteroatoms. The molecule has 1 amide bonds. The second kappa shape index (κ2) is 11.5. The van der Waals surface area contributed by atoms with E-state index in [1.54, 1.807) is 36.4 Å². The number of benzene rings is 3. The van der Waals surface area contributed by atoms with Crippen LogP contribution in [0.5, 0.6) is 11.5 Å². The van der Waals surface area contributed by atoms with Crippen LogP contribution in [0.25, 0.3) is 0 Å². The molecule has 0 spiro atoms. The highest BCUT2D eigenvalue weighted by molar-refractivity contribution is 7.92. The summed E-state index contributed by atoms with van der Waals surface area (Å²) in [6, 6.07) is 17.5. The molecular weight excluding hydrogens is 499 g/mol. The summed E-state index contributed by atoms with van der Waals surface area (Å²) in [4.78, 5) is 12.2. The van der Waals surface area contributed by atoms with Gasteiger partial charge in [0.25, 0.3) is 15.9 Å². The molecule has 0 aliphatic carbocycles. The highest BCUT2D eigenvalue weighted by Crippen LogP contribution is 2.28. The molecule has 34 heavy (non-hydrogen) atoms. The van der Waals surface area contributed by atoms with Gasteiger partial charge in [0.05, 0.1) is 22.6 Å². The van der Waals surface area contributed by atoms with Gasteiger partial charge in [-0.3, -0.25) is 9.52 Å². The SMILES string of the molecule is CCOc1ccc(NS(=O)(=O)c2ccc(OCC(=O)N[C@H](C)c3ccc(Cl)cc3)c(Cl)c2)cc1. The zero-order chi connectivity index (χ0) is 24.7. The van der Waals surface area contributed by atoms with E-state index in [1.807, 2.05) is 26.0 Å². The van der Waals surface area contributed by atoms with E-state index in [0.29, 0.717) is 23.1 Å². The van der Waals surface area contributed by atoms with Gasteiger partial charge in [0.2, 0.25) is 0 Å². The van der Waals surface area contributed by atoms with E-state index in [9.17, 15) is 13.2 Å². The Balaban J connectivity index is 1.59. The van der Waals surface area contributed by atoms with Crippen molar-refractivity contribution in [1.29, 1.82) is 0 Å². The van der Waals surface area contributed by atoms with E-state index in [4.69, 9.17) is 32.7 Å². The predicted molar refractivity (Wildman–Crippen MR) is 133 cm³/mol. The number of ether oxygens (including phenoxy) is 2. The van der Waals surface area contributed by atoms with Crippen molar-refractivity contribution < 1.29 is 22.7 Å². The fourth-order valence-corrected chi connectivity index (χ4v) is 4.54. The number of nitrogens with one attached hydrogen (secondary N) is 2. The number of amides is 1. The third-order valence-electron chi connectivity index (χ3n) is 4.74. The number of anilines is 1. The average Bonchev–Trinajstić information content (AvgIpc) is 2.80. The highest BCUT2D eigenvalue weighted by atomic mass is 35.5. The molecule has 3 rings (SSSR count). The molecule has 0 bridgehead atoms. The first-order valence-electron chi connectivity index (χ1n) is 10.4. The van der Waals surface area contributed by atoms with Crippen LogP contribution in [0.4, 0.5) is 5.69 Å². The van der Waals surface area contributed by atoms with Crippen LogP contribution in [0, 0.1) is 0 Å². The number of carbonyl (C=O) groups excluding carboxylic acids is 1. The second-order valence-electron chi connectivity index (χ2n) is 7.28. The number of sulfonamides is 1. The second-order valence-corrected chi connectivity index (χ2v) is 9.81. The third-order valence-corrected chi connectivity index (χ3v) is 6.66. The molecule has 0 radical (unpaired) electrons. The molecular formula is C24H24Cl2N2O5S. The van der Waals surface area contributed by atoms with Gasteiger partial charge in [-0.1, -0.05) is 35.3 Å². The standard InChI is InChI=1S/C24H24Cl2N2O5S/c1-3-32-20-10-8-19(9-11-20)28-34(30,31)21-12-13-23(22(26)14-21)33-15-24(29)27-16(2)17-4-6-18(25)7-5-17/h4-14,16,28H,3,15H2,1-2H3,(H,27,29)/t16-/m1/s1. The summed E-state index contributed by atoms with van der Waals surface area (Å²) in [5, 5.41) is 3.49. The number of carbonyl (C=O) groups is 1. The molecule has 0 saturated carbocycles. The van der Waals surface area contributed by atoms with Crippen molar-refractivity contribution in [3.63, 3.8) is 0 Å². The van der Waals surface area contributed by atoms with Crippen LogP contribution in [0.3, 0.4) is 0 Å². The molecule has 0 saturated heterocycles. The molecule has 0 unspecified atom stereocenters. The van der Waals surface area contributed by atoms with Crippen LogP contribution in [-0.2, 0) is 14.8 Å². The van der Waals surface area contributed by atoms with Gasteiger partial charge >= 0.3 is 0 Å². The lowest BCUT2D eigenvalue weighted by atomic mass is 10.1. The minimum atomic E-state index is -3.88. The molecule has 2 N–H and O–H groups in total. The maximum Gasteiger partial charge on any atom is 0.261 e. The van der Waals surface area contributed by atoms with Crippen LogP contribution >= 0.6 is 23.2 Å². The normalized spacial score (nSPS) is 12.0. The maximum atomic E-state index is 12.7.